The third-order valence-corrected chi connectivity index (χ3v) is 5.95. The van der Waals surface area contributed by atoms with Gasteiger partial charge in [-0.1, -0.05) is 23.7 Å². The molecular weight excluding hydrogens is 352 g/mol. The second-order valence-corrected chi connectivity index (χ2v) is 7.62. The molecule has 122 valence electrons. The number of nitriles is 1. The summed E-state index contributed by atoms with van der Waals surface area (Å²) in [6.07, 6.45) is 0. The minimum Gasteiger partial charge on any atom is -0.478 e. The molecule has 2 aromatic rings. The van der Waals surface area contributed by atoms with Gasteiger partial charge in [0.15, 0.2) is 0 Å². The van der Waals surface area contributed by atoms with Crippen LogP contribution < -0.4 is 0 Å². The topological polar surface area (TPSA) is 98.5 Å². The van der Waals surface area contributed by atoms with E-state index in [0.717, 1.165) is 4.31 Å². The summed E-state index contributed by atoms with van der Waals surface area (Å²) in [5.41, 5.74) is 1.16. The van der Waals surface area contributed by atoms with Gasteiger partial charge in [0.25, 0.3) is 0 Å². The number of carboxylic acid groups (broad SMARTS) is 1. The highest BCUT2D eigenvalue weighted by Crippen LogP contribution is 2.32. The van der Waals surface area contributed by atoms with E-state index in [9.17, 15) is 23.6 Å². The van der Waals surface area contributed by atoms with E-state index in [4.69, 9.17) is 11.6 Å². The number of fused-ring (bicyclic) bond motifs is 1. The van der Waals surface area contributed by atoms with Gasteiger partial charge in [-0.2, -0.15) is 9.57 Å². The highest BCUT2D eigenvalue weighted by molar-refractivity contribution is 7.89. The van der Waals surface area contributed by atoms with E-state index in [1.165, 1.54) is 24.3 Å². The number of sulfonamides is 1. The zero-order valence-electron chi connectivity index (χ0n) is 12.2. The minimum atomic E-state index is -3.95. The molecule has 24 heavy (non-hydrogen) atoms. The molecule has 1 heterocycles. The first kappa shape index (κ1) is 16.5. The Morgan fingerprint density at radius 3 is 2.67 bits per heavy atom. The van der Waals surface area contributed by atoms with Crippen LogP contribution >= 0.6 is 11.6 Å². The first-order valence-corrected chi connectivity index (χ1v) is 8.70. The first-order chi connectivity index (χ1) is 11.3. The standard InChI is InChI=1S/C16H11ClN2O4S/c17-12-4-5-15(11(6-12)7-18)24(22,23)19-8-10-2-1-3-13(16(20)21)14(10)9-19/h1-6H,8-9H2,(H,20,21). The van der Waals surface area contributed by atoms with E-state index in [2.05, 4.69) is 0 Å². The van der Waals surface area contributed by atoms with Crippen molar-refractivity contribution in [3.63, 3.8) is 0 Å². The Morgan fingerprint density at radius 1 is 1.25 bits per heavy atom. The van der Waals surface area contributed by atoms with Crippen LogP contribution in [0.3, 0.4) is 0 Å². The second-order valence-electron chi connectivity index (χ2n) is 5.27. The molecular formula is C16H11ClN2O4S. The summed E-state index contributed by atoms with van der Waals surface area (Å²) < 4.78 is 26.9. The predicted octanol–water partition coefficient (Wildman–Crippen LogP) is 2.61. The van der Waals surface area contributed by atoms with E-state index >= 15 is 0 Å². The highest BCUT2D eigenvalue weighted by atomic mass is 35.5. The molecule has 0 saturated heterocycles. The SMILES string of the molecule is N#Cc1cc(Cl)ccc1S(=O)(=O)N1Cc2cccc(C(=O)O)c2C1. The van der Waals surface area contributed by atoms with Crippen LogP contribution in [-0.4, -0.2) is 23.8 Å². The molecule has 0 bridgehead atoms. The zero-order chi connectivity index (χ0) is 17.5. The summed E-state index contributed by atoms with van der Waals surface area (Å²) in [6, 6.07) is 10.5. The molecule has 1 aliphatic heterocycles. The van der Waals surface area contributed by atoms with Gasteiger partial charge in [-0.3, -0.25) is 0 Å². The lowest BCUT2D eigenvalue weighted by atomic mass is 10.0. The third kappa shape index (κ3) is 2.65. The van der Waals surface area contributed by atoms with Gasteiger partial charge in [0, 0.05) is 18.1 Å². The number of carbonyl (C=O) groups is 1. The van der Waals surface area contributed by atoms with Crippen molar-refractivity contribution in [1.29, 1.82) is 5.26 Å². The van der Waals surface area contributed by atoms with Gasteiger partial charge in [-0.05, 0) is 35.4 Å². The van der Waals surface area contributed by atoms with Crippen LogP contribution in [0.25, 0.3) is 0 Å². The average molecular weight is 363 g/mol. The number of nitrogens with zero attached hydrogens (tertiary/aromatic N) is 2. The van der Waals surface area contributed by atoms with Crippen molar-refractivity contribution < 1.29 is 18.3 Å². The smallest absolute Gasteiger partial charge is 0.336 e. The number of benzene rings is 2. The molecule has 2 aromatic carbocycles. The van der Waals surface area contributed by atoms with Crippen LogP contribution in [0.15, 0.2) is 41.3 Å². The van der Waals surface area contributed by atoms with E-state index in [1.54, 1.807) is 12.1 Å². The van der Waals surface area contributed by atoms with E-state index < -0.39 is 16.0 Å². The molecule has 0 radical (unpaired) electrons. The van der Waals surface area contributed by atoms with Crippen molar-refractivity contribution in [2.45, 2.75) is 18.0 Å². The Hall–Kier alpha value is -2.40. The van der Waals surface area contributed by atoms with Crippen LogP contribution in [0, 0.1) is 11.3 Å². The Morgan fingerprint density at radius 2 is 2.00 bits per heavy atom. The molecule has 0 amide bonds. The van der Waals surface area contributed by atoms with Gasteiger partial charge in [-0.15, -0.1) is 0 Å². The molecule has 8 heteroatoms. The number of halogens is 1. The fourth-order valence-corrected chi connectivity index (χ4v) is 4.40. The second kappa shape index (κ2) is 5.91. The van der Waals surface area contributed by atoms with Crippen LogP contribution in [0.2, 0.25) is 5.02 Å². The normalized spacial score (nSPS) is 14.2. The Kier molecular flexibility index (Phi) is 4.05. The summed E-state index contributed by atoms with van der Waals surface area (Å²) in [7, 11) is -3.95. The summed E-state index contributed by atoms with van der Waals surface area (Å²) in [5.74, 6) is -1.10. The largest absolute Gasteiger partial charge is 0.478 e. The van der Waals surface area contributed by atoms with Crippen molar-refractivity contribution in [2.75, 3.05) is 0 Å². The van der Waals surface area contributed by atoms with Crippen molar-refractivity contribution >= 4 is 27.6 Å². The van der Waals surface area contributed by atoms with Crippen molar-refractivity contribution in [3.8, 4) is 6.07 Å². The number of carboxylic acids is 1. The fourth-order valence-electron chi connectivity index (χ4n) is 2.72. The molecule has 0 aliphatic carbocycles. The molecule has 6 nitrogen and oxygen atoms in total. The maximum Gasteiger partial charge on any atom is 0.336 e. The molecule has 0 aromatic heterocycles. The van der Waals surface area contributed by atoms with Crippen molar-refractivity contribution in [1.82, 2.24) is 4.31 Å². The lowest BCUT2D eigenvalue weighted by molar-refractivity contribution is 0.0695. The van der Waals surface area contributed by atoms with Crippen LogP contribution in [0.5, 0.6) is 0 Å². The maximum absolute atomic E-state index is 12.9. The lowest BCUT2D eigenvalue weighted by Gasteiger charge is -2.16. The monoisotopic (exact) mass is 362 g/mol. The Labute approximate surface area is 143 Å². The lowest BCUT2D eigenvalue weighted by Crippen LogP contribution is -2.26. The van der Waals surface area contributed by atoms with Crippen LogP contribution in [0.4, 0.5) is 0 Å². The molecule has 3 rings (SSSR count). The minimum absolute atomic E-state index is 0.0445. The number of hydrogen-bond donors (Lipinski definition) is 1. The Balaban J connectivity index is 2.04. The van der Waals surface area contributed by atoms with Gasteiger partial charge in [0.2, 0.25) is 10.0 Å². The quantitative estimate of drug-likeness (QED) is 0.904. The molecule has 1 N–H and O–H groups in total. The molecule has 0 spiro atoms. The van der Waals surface area contributed by atoms with Crippen molar-refractivity contribution in [2.24, 2.45) is 0 Å². The molecule has 0 unspecified atom stereocenters. The van der Waals surface area contributed by atoms with Gasteiger partial charge in [-0.25, -0.2) is 13.2 Å². The summed E-state index contributed by atoms with van der Waals surface area (Å²) in [5, 5.41) is 18.7. The van der Waals surface area contributed by atoms with Gasteiger partial charge >= 0.3 is 5.97 Å². The summed E-state index contributed by atoms with van der Waals surface area (Å²) in [6.45, 7) is 0.0138. The maximum atomic E-state index is 12.9. The number of aromatic carboxylic acids is 1. The van der Waals surface area contributed by atoms with E-state index in [-0.39, 0.29) is 34.1 Å². The average Bonchev–Trinajstić information content (AvgIpc) is 2.99. The Bertz CT molecular complexity index is 996. The summed E-state index contributed by atoms with van der Waals surface area (Å²) in [4.78, 5) is 11.2. The van der Waals surface area contributed by atoms with Crippen LogP contribution in [0.1, 0.15) is 27.0 Å². The number of rotatable bonds is 3. The predicted molar refractivity (Wildman–Crippen MR) is 86.0 cm³/mol. The molecule has 0 atom stereocenters. The van der Waals surface area contributed by atoms with E-state index in [1.807, 2.05) is 6.07 Å². The zero-order valence-corrected chi connectivity index (χ0v) is 13.8. The highest BCUT2D eigenvalue weighted by Gasteiger charge is 2.34. The first-order valence-electron chi connectivity index (χ1n) is 6.88. The third-order valence-electron chi connectivity index (χ3n) is 3.86. The van der Waals surface area contributed by atoms with Gasteiger partial charge < -0.3 is 5.11 Å². The van der Waals surface area contributed by atoms with E-state index in [0.29, 0.717) is 11.1 Å². The number of hydrogen-bond acceptors (Lipinski definition) is 4. The molecule has 1 aliphatic rings. The van der Waals surface area contributed by atoms with Gasteiger partial charge in [0.1, 0.15) is 11.0 Å². The summed E-state index contributed by atoms with van der Waals surface area (Å²) >= 11 is 5.81. The van der Waals surface area contributed by atoms with Crippen LogP contribution in [-0.2, 0) is 23.1 Å². The van der Waals surface area contributed by atoms with Gasteiger partial charge in [0.05, 0.1) is 11.1 Å². The fraction of sp³-hybridized carbons (Fsp3) is 0.125. The van der Waals surface area contributed by atoms with Crippen molar-refractivity contribution in [3.05, 3.63) is 63.7 Å². The molecule has 0 saturated carbocycles. The molecule has 0 fully saturated rings.